The van der Waals surface area contributed by atoms with Gasteiger partial charge in [0.05, 0.1) is 18.2 Å². The van der Waals surface area contributed by atoms with E-state index in [0.29, 0.717) is 24.3 Å². The van der Waals surface area contributed by atoms with Gasteiger partial charge in [0.2, 0.25) is 5.91 Å². The summed E-state index contributed by atoms with van der Waals surface area (Å²) in [6.07, 6.45) is 2.98. The summed E-state index contributed by atoms with van der Waals surface area (Å²) in [7, 11) is 1.62. The lowest BCUT2D eigenvalue weighted by Gasteiger charge is -2.33. The second-order valence-corrected chi connectivity index (χ2v) is 7.26. The first-order chi connectivity index (χ1) is 13.1. The molecule has 4 rings (SSSR count). The molecule has 0 bridgehead atoms. The molecule has 27 heavy (non-hydrogen) atoms. The van der Waals surface area contributed by atoms with Crippen LogP contribution in [0.5, 0.6) is 5.75 Å². The lowest BCUT2D eigenvalue weighted by molar-refractivity contribution is -0.126. The van der Waals surface area contributed by atoms with Crippen molar-refractivity contribution in [3.8, 4) is 5.75 Å². The lowest BCUT2D eigenvalue weighted by Crippen LogP contribution is -2.39. The molecule has 2 amide bonds. The Labute approximate surface area is 157 Å². The number of nitrogens with one attached hydrogen (secondary N) is 1. The number of aryl methyl sites for hydroxylation is 1. The Morgan fingerprint density at radius 3 is 2.78 bits per heavy atom. The van der Waals surface area contributed by atoms with E-state index in [2.05, 4.69) is 0 Å². The number of methoxy groups -OCH3 is 1. The summed E-state index contributed by atoms with van der Waals surface area (Å²) in [6.45, 7) is 0.680. The number of para-hydroxylation sites is 2. The monoisotopic (exact) mass is 366 g/mol. The number of hydroxylamine groups is 1. The van der Waals surface area contributed by atoms with Crippen molar-refractivity contribution in [2.75, 3.05) is 18.6 Å². The van der Waals surface area contributed by atoms with Crippen LogP contribution in [0.3, 0.4) is 0 Å². The summed E-state index contributed by atoms with van der Waals surface area (Å²) in [5.41, 5.74) is 4.70. The van der Waals surface area contributed by atoms with Crippen LogP contribution in [0, 0.1) is 5.41 Å². The second kappa shape index (κ2) is 6.70. The number of carbonyl (C=O) groups excluding carboxylic acids is 2. The molecule has 1 saturated heterocycles. The van der Waals surface area contributed by atoms with Gasteiger partial charge in [0.25, 0.3) is 5.91 Å². The molecular weight excluding hydrogens is 344 g/mol. The van der Waals surface area contributed by atoms with Crippen molar-refractivity contribution in [2.45, 2.75) is 25.7 Å². The first kappa shape index (κ1) is 17.5. The molecule has 1 spiro atoms. The highest BCUT2D eigenvalue weighted by Crippen LogP contribution is 2.46. The van der Waals surface area contributed by atoms with Gasteiger partial charge in [-0.05, 0) is 61.1 Å². The van der Waals surface area contributed by atoms with E-state index >= 15 is 0 Å². The Hall–Kier alpha value is -2.86. The zero-order chi connectivity index (χ0) is 19.0. The smallest absolute Gasteiger partial charge is 0.274 e. The van der Waals surface area contributed by atoms with E-state index in [9.17, 15) is 9.59 Å². The lowest BCUT2D eigenvalue weighted by atomic mass is 9.70. The molecule has 0 unspecified atom stereocenters. The first-order valence-corrected chi connectivity index (χ1v) is 9.09. The maximum Gasteiger partial charge on any atom is 0.274 e. The van der Waals surface area contributed by atoms with Gasteiger partial charge in [0, 0.05) is 12.1 Å². The molecule has 2 aliphatic rings. The maximum absolute atomic E-state index is 13.4. The molecule has 1 fully saturated rings. The van der Waals surface area contributed by atoms with Gasteiger partial charge in [-0.25, -0.2) is 5.48 Å². The van der Waals surface area contributed by atoms with Crippen molar-refractivity contribution in [2.24, 2.45) is 5.41 Å². The average Bonchev–Trinajstić information content (AvgIpc) is 3.02. The third-order valence-corrected chi connectivity index (χ3v) is 5.86. The molecule has 140 valence electrons. The predicted octanol–water partition coefficient (Wildman–Crippen LogP) is 2.73. The van der Waals surface area contributed by atoms with E-state index in [1.807, 2.05) is 41.3 Å². The third kappa shape index (κ3) is 2.86. The minimum atomic E-state index is -0.516. The van der Waals surface area contributed by atoms with Crippen LogP contribution < -0.4 is 15.1 Å². The van der Waals surface area contributed by atoms with Crippen molar-refractivity contribution in [1.29, 1.82) is 0 Å². The van der Waals surface area contributed by atoms with E-state index < -0.39 is 11.3 Å². The molecule has 2 N–H and O–H groups in total. The van der Waals surface area contributed by atoms with Gasteiger partial charge < -0.3 is 9.64 Å². The molecule has 1 aliphatic heterocycles. The summed E-state index contributed by atoms with van der Waals surface area (Å²) in [5, 5.41) is 8.81. The maximum atomic E-state index is 13.4. The van der Waals surface area contributed by atoms with Crippen molar-refractivity contribution < 1.29 is 19.5 Å². The molecular formula is C21H22N2O4. The highest BCUT2D eigenvalue weighted by Gasteiger charge is 2.49. The largest absolute Gasteiger partial charge is 0.495 e. The normalized spacial score (nSPS) is 21.3. The summed E-state index contributed by atoms with van der Waals surface area (Å²) < 4.78 is 5.43. The van der Waals surface area contributed by atoms with Crippen LogP contribution >= 0.6 is 0 Å². The summed E-state index contributed by atoms with van der Waals surface area (Å²) in [6, 6.07) is 13.0. The van der Waals surface area contributed by atoms with Crippen LogP contribution in [-0.4, -0.2) is 30.7 Å². The standard InChI is InChI=1S/C21H22N2O4/c1-27-18-5-3-2-4-17(18)23-11-10-21(20(23)25)9-8-14-12-15(19(24)22-26)6-7-16(14)13-21/h2-7,12,26H,8-11,13H2,1H3,(H,22,24)/t21-/m0/s1. The van der Waals surface area contributed by atoms with Crippen LogP contribution in [0.1, 0.15) is 34.3 Å². The quantitative estimate of drug-likeness (QED) is 0.647. The number of rotatable bonds is 3. The molecule has 0 saturated carbocycles. The zero-order valence-electron chi connectivity index (χ0n) is 15.2. The molecule has 0 radical (unpaired) electrons. The minimum Gasteiger partial charge on any atom is -0.495 e. The van der Waals surface area contributed by atoms with Crippen LogP contribution in [0.15, 0.2) is 42.5 Å². The zero-order valence-corrected chi connectivity index (χ0v) is 15.2. The van der Waals surface area contributed by atoms with Gasteiger partial charge in [0.15, 0.2) is 0 Å². The van der Waals surface area contributed by atoms with Gasteiger partial charge in [-0.3, -0.25) is 14.8 Å². The van der Waals surface area contributed by atoms with E-state index in [1.54, 1.807) is 18.7 Å². The highest BCUT2D eigenvalue weighted by molar-refractivity contribution is 6.01. The Morgan fingerprint density at radius 1 is 1.19 bits per heavy atom. The molecule has 1 atom stereocenters. The summed E-state index contributed by atoms with van der Waals surface area (Å²) in [4.78, 5) is 26.8. The van der Waals surface area contributed by atoms with Gasteiger partial charge in [-0.1, -0.05) is 18.2 Å². The van der Waals surface area contributed by atoms with Crippen molar-refractivity contribution >= 4 is 17.5 Å². The highest BCUT2D eigenvalue weighted by atomic mass is 16.5. The molecule has 6 nitrogen and oxygen atoms in total. The number of ether oxygens (including phenoxy) is 1. The molecule has 1 heterocycles. The average molecular weight is 366 g/mol. The number of benzene rings is 2. The van der Waals surface area contributed by atoms with Crippen LogP contribution in [0.4, 0.5) is 5.69 Å². The van der Waals surface area contributed by atoms with E-state index in [-0.39, 0.29) is 5.91 Å². The molecule has 6 heteroatoms. The number of hydrogen-bond donors (Lipinski definition) is 2. The van der Waals surface area contributed by atoms with Gasteiger partial charge in [-0.2, -0.15) is 0 Å². The van der Waals surface area contributed by atoms with Crippen molar-refractivity contribution in [3.63, 3.8) is 0 Å². The Bertz CT molecular complexity index is 911. The Balaban J connectivity index is 1.61. The van der Waals surface area contributed by atoms with Gasteiger partial charge in [-0.15, -0.1) is 0 Å². The number of carbonyl (C=O) groups is 2. The predicted molar refractivity (Wildman–Crippen MR) is 100 cm³/mol. The molecule has 2 aromatic rings. The summed E-state index contributed by atoms with van der Waals surface area (Å²) in [5.74, 6) is 0.339. The Morgan fingerprint density at radius 2 is 2.00 bits per heavy atom. The van der Waals surface area contributed by atoms with Crippen molar-refractivity contribution in [3.05, 3.63) is 59.2 Å². The number of fused-ring (bicyclic) bond motifs is 1. The fourth-order valence-electron chi connectivity index (χ4n) is 4.36. The van der Waals surface area contributed by atoms with Gasteiger partial charge in [0.1, 0.15) is 5.75 Å². The SMILES string of the molecule is COc1ccccc1N1CC[C@]2(CCc3cc(C(=O)NO)ccc3C2)C1=O. The minimum absolute atomic E-state index is 0.148. The topological polar surface area (TPSA) is 78.9 Å². The number of hydrogen-bond acceptors (Lipinski definition) is 4. The van der Waals surface area contributed by atoms with E-state index in [0.717, 1.165) is 36.1 Å². The molecule has 2 aromatic carbocycles. The fourth-order valence-corrected chi connectivity index (χ4v) is 4.36. The van der Waals surface area contributed by atoms with Crippen LogP contribution in [0.2, 0.25) is 0 Å². The fraction of sp³-hybridized carbons (Fsp3) is 0.333. The number of nitrogens with zero attached hydrogens (tertiary/aromatic N) is 1. The second-order valence-electron chi connectivity index (χ2n) is 7.26. The summed E-state index contributed by atoms with van der Waals surface area (Å²) >= 11 is 0. The van der Waals surface area contributed by atoms with E-state index in [1.165, 1.54) is 0 Å². The number of amides is 2. The Kier molecular flexibility index (Phi) is 4.36. The van der Waals surface area contributed by atoms with E-state index in [4.69, 9.17) is 9.94 Å². The van der Waals surface area contributed by atoms with Crippen molar-refractivity contribution in [1.82, 2.24) is 5.48 Å². The molecule has 1 aliphatic carbocycles. The third-order valence-electron chi connectivity index (χ3n) is 5.86. The van der Waals surface area contributed by atoms with Crippen LogP contribution in [-0.2, 0) is 17.6 Å². The first-order valence-electron chi connectivity index (χ1n) is 9.09. The molecule has 0 aromatic heterocycles. The van der Waals surface area contributed by atoms with Crippen LogP contribution in [0.25, 0.3) is 0 Å². The number of anilines is 1. The van der Waals surface area contributed by atoms with Gasteiger partial charge >= 0.3 is 0 Å².